The topological polar surface area (TPSA) is 51.2 Å². The van der Waals surface area contributed by atoms with Crippen LogP contribution in [0.15, 0.2) is 18.3 Å². The first-order chi connectivity index (χ1) is 6.87. The molecule has 0 aromatic carbocycles. The predicted molar refractivity (Wildman–Crippen MR) is 58.2 cm³/mol. The van der Waals surface area contributed by atoms with Crippen molar-refractivity contribution in [1.82, 2.24) is 10.3 Å². The summed E-state index contributed by atoms with van der Waals surface area (Å²) in [5.41, 5.74) is -0.322. The monoisotopic (exact) mass is 228 g/mol. The standard InChI is InChI=1S/C10H13ClN2O2/c1-10(2,3)13-9(14)15-7-4-5-8(11)12-6-7/h4-6H,1-3H3,(H,13,14). The van der Waals surface area contributed by atoms with E-state index in [2.05, 4.69) is 10.3 Å². The molecular formula is C10H13ClN2O2. The number of hydrogen-bond acceptors (Lipinski definition) is 3. The zero-order valence-corrected chi connectivity index (χ0v) is 9.63. The quantitative estimate of drug-likeness (QED) is 0.752. The number of hydrogen-bond donors (Lipinski definition) is 1. The van der Waals surface area contributed by atoms with Gasteiger partial charge in [-0.3, -0.25) is 0 Å². The second kappa shape index (κ2) is 4.49. The van der Waals surface area contributed by atoms with Crippen molar-refractivity contribution in [1.29, 1.82) is 0 Å². The maximum Gasteiger partial charge on any atom is 0.413 e. The Hall–Kier alpha value is -1.29. The molecule has 0 saturated carbocycles. The van der Waals surface area contributed by atoms with Crippen LogP contribution in [0, 0.1) is 0 Å². The molecule has 0 atom stereocenters. The number of rotatable bonds is 1. The zero-order valence-electron chi connectivity index (χ0n) is 8.87. The van der Waals surface area contributed by atoms with Crippen molar-refractivity contribution in [3.63, 3.8) is 0 Å². The van der Waals surface area contributed by atoms with Gasteiger partial charge in [0.05, 0.1) is 6.20 Å². The summed E-state index contributed by atoms with van der Waals surface area (Å²) in [5, 5.41) is 3.02. The van der Waals surface area contributed by atoms with Crippen molar-refractivity contribution in [2.45, 2.75) is 26.3 Å². The van der Waals surface area contributed by atoms with E-state index in [1.165, 1.54) is 6.20 Å². The summed E-state index contributed by atoms with van der Waals surface area (Å²) in [7, 11) is 0. The van der Waals surface area contributed by atoms with Crippen molar-refractivity contribution >= 4 is 17.7 Å². The highest BCUT2D eigenvalue weighted by Gasteiger charge is 2.15. The molecule has 0 aliphatic carbocycles. The first kappa shape index (κ1) is 11.8. The van der Waals surface area contributed by atoms with Crippen molar-refractivity contribution in [3.05, 3.63) is 23.5 Å². The molecule has 1 N–H and O–H groups in total. The molecule has 15 heavy (non-hydrogen) atoms. The lowest BCUT2D eigenvalue weighted by molar-refractivity contribution is 0.190. The van der Waals surface area contributed by atoms with Gasteiger partial charge in [0.2, 0.25) is 0 Å². The molecule has 1 rings (SSSR count). The van der Waals surface area contributed by atoms with Gasteiger partial charge in [0.25, 0.3) is 0 Å². The van der Waals surface area contributed by atoms with Crippen LogP contribution in [0.2, 0.25) is 5.15 Å². The molecule has 0 radical (unpaired) electrons. The average molecular weight is 229 g/mol. The molecule has 0 aliphatic rings. The maximum absolute atomic E-state index is 11.3. The lowest BCUT2D eigenvalue weighted by Gasteiger charge is -2.19. The van der Waals surface area contributed by atoms with Gasteiger partial charge in [0, 0.05) is 5.54 Å². The number of aromatic nitrogens is 1. The van der Waals surface area contributed by atoms with Gasteiger partial charge in [0.1, 0.15) is 5.15 Å². The van der Waals surface area contributed by atoms with Crippen molar-refractivity contribution in [2.75, 3.05) is 0 Å². The molecule has 0 aliphatic heterocycles. The molecule has 82 valence electrons. The lowest BCUT2D eigenvalue weighted by atomic mass is 10.1. The third-order valence-corrected chi connectivity index (χ3v) is 1.61. The summed E-state index contributed by atoms with van der Waals surface area (Å²) >= 11 is 5.59. The average Bonchev–Trinajstić information content (AvgIpc) is 2.05. The number of amides is 1. The predicted octanol–water partition coefficient (Wildman–Crippen LogP) is 2.62. The summed E-state index contributed by atoms with van der Waals surface area (Å²) in [4.78, 5) is 15.1. The van der Waals surface area contributed by atoms with E-state index in [4.69, 9.17) is 16.3 Å². The molecule has 0 bridgehead atoms. The van der Waals surface area contributed by atoms with Crippen LogP contribution >= 0.6 is 11.6 Å². The number of halogens is 1. The number of nitrogens with zero attached hydrogens (tertiary/aromatic N) is 1. The highest BCUT2D eigenvalue weighted by molar-refractivity contribution is 6.29. The van der Waals surface area contributed by atoms with Crippen LogP contribution in [0.1, 0.15) is 20.8 Å². The molecule has 4 nitrogen and oxygen atoms in total. The smallest absolute Gasteiger partial charge is 0.409 e. The fourth-order valence-corrected chi connectivity index (χ4v) is 0.973. The van der Waals surface area contributed by atoms with Crippen LogP contribution in [0.25, 0.3) is 0 Å². The normalized spacial score (nSPS) is 10.9. The highest BCUT2D eigenvalue weighted by Crippen LogP contribution is 2.12. The van der Waals surface area contributed by atoms with Crippen LogP contribution < -0.4 is 10.1 Å². The molecule has 0 fully saturated rings. The Labute approximate surface area is 93.6 Å². The Morgan fingerprint density at radius 3 is 2.60 bits per heavy atom. The largest absolute Gasteiger partial charge is 0.413 e. The highest BCUT2D eigenvalue weighted by atomic mass is 35.5. The summed E-state index contributed by atoms with van der Waals surface area (Å²) in [6.45, 7) is 5.61. The van der Waals surface area contributed by atoms with E-state index in [0.29, 0.717) is 10.9 Å². The van der Waals surface area contributed by atoms with Gasteiger partial charge < -0.3 is 10.1 Å². The number of nitrogens with one attached hydrogen (secondary N) is 1. The summed E-state index contributed by atoms with van der Waals surface area (Å²) < 4.78 is 4.97. The van der Waals surface area contributed by atoms with Crippen LogP contribution in [0.5, 0.6) is 5.75 Å². The molecular weight excluding hydrogens is 216 g/mol. The van der Waals surface area contributed by atoms with Crippen molar-refractivity contribution in [3.8, 4) is 5.75 Å². The van der Waals surface area contributed by atoms with Gasteiger partial charge in [-0.2, -0.15) is 0 Å². The summed E-state index contributed by atoms with van der Waals surface area (Å²) in [5.74, 6) is 0.362. The van der Waals surface area contributed by atoms with E-state index in [1.54, 1.807) is 12.1 Å². The molecule has 0 spiro atoms. The van der Waals surface area contributed by atoms with Gasteiger partial charge in [-0.15, -0.1) is 0 Å². The maximum atomic E-state index is 11.3. The fraction of sp³-hybridized carbons (Fsp3) is 0.400. The van der Waals surface area contributed by atoms with E-state index in [9.17, 15) is 4.79 Å². The van der Waals surface area contributed by atoms with Gasteiger partial charge in [0.15, 0.2) is 5.75 Å². The second-order valence-corrected chi connectivity index (χ2v) is 4.47. The van der Waals surface area contributed by atoms with E-state index in [-0.39, 0.29) is 5.54 Å². The van der Waals surface area contributed by atoms with Gasteiger partial charge in [-0.1, -0.05) is 11.6 Å². The molecule has 1 aromatic heterocycles. The van der Waals surface area contributed by atoms with E-state index in [0.717, 1.165) is 0 Å². The van der Waals surface area contributed by atoms with Crippen LogP contribution in [0.3, 0.4) is 0 Å². The molecule has 0 unspecified atom stereocenters. The van der Waals surface area contributed by atoms with Crippen molar-refractivity contribution < 1.29 is 9.53 Å². The number of carbonyl (C=O) groups is 1. The first-order valence-electron chi connectivity index (χ1n) is 4.48. The fourth-order valence-electron chi connectivity index (χ4n) is 0.861. The van der Waals surface area contributed by atoms with Gasteiger partial charge >= 0.3 is 6.09 Å². The third-order valence-electron chi connectivity index (χ3n) is 1.39. The third kappa shape index (κ3) is 4.65. The Morgan fingerprint density at radius 2 is 2.13 bits per heavy atom. The summed E-state index contributed by atoms with van der Waals surface area (Å²) in [6, 6.07) is 3.14. The molecule has 1 aromatic rings. The molecule has 0 saturated heterocycles. The second-order valence-electron chi connectivity index (χ2n) is 4.08. The van der Waals surface area contributed by atoms with Crippen LogP contribution in [-0.2, 0) is 0 Å². The number of ether oxygens (including phenoxy) is 1. The Bertz CT molecular complexity index is 343. The molecule has 1 amide bonds. The van der Waals surface area contributed by atoms with E-state index >= 15 is 0 Å². The van der Waals surface area contributed by atoms with Gasteiger partial charge in [-0.25, -0.2) is 9.78 Å². The minimum Gasteiger partial charge on any atom is -0.409 e. The Balaban J connectivity index is 2.55. The minimum atomic E-state index is -0.508. The van der Waals surface area contributed by atoms with E-state index < -0.39 is 6.09 Å². The minimum absolute atomic E-state index is 0.322. The SMILES string of the molecule is CC(C)(C)NC(=O)Oc1ccc(Cl)nc1. The van der Waals surface area contributed by atoms with Crippen molar-refractivity contribution in [2.24, 2.45) is 0 Å². The Morgan fingerprint density at radius 1 is 1.47 bits per heavy atom. The van der Waals surface area contributed by atoms with Gasteiger partial charge in [-0.05, 0) is 32.9 Å². The summed E-state index contributed by atoms with van der Waals surface area (Å²) in [6.07, 6.45) is 0.886. The first-order valence-corrected chi connectivity index (χ1v) is 4.86. The van der Waals surface area contributed by atoms with Crippen LogP contribution in [-0.4, -0.2) is 16.6 Å². The zero-order chi connectivity index (χ0) is 11.5. The lowest BCUT2D eigenvalue weighted by Crippen LogP contribution is -2.42. The van der Waals surface area contributed by atoms with E-state index in [1.807, 2.05) is 20.8 Å². The van der Waals surface area contributed by atoms with Crippen LogP contribution in [0.4, 0.5) is 4.79 Å². The number of pyridine rings is 1. The molecule has 1 heterocycles. The number of carbonyl (C=O) groups excluding carboxylic acids is 1. The molecule has 5 heteroatoms. The Kier molecular flexibility index (Phi) is 3.52.